The third kappa shape index (κ3) is 5.50. The van der Waals surface area contributed by atoms with E-state index in [0.717, 1.165) is 12.1 Å². The van der Waals surface area contributed by atoms with E-state index in [1.165, 1.54) is 31.4 Å². The zero-order chi connectivity index (χ0) is 22.5. The lowest BCUT2D eigenvalue weighted by atomic mass is 9.99. The molecule has 0 amide bonds. The van der Waals surface area contributed by atoms with Crippen LogP contribution in [0.3, 0.4) is 0 Å². The zero-order valence-corrected chi connectivity index (χ0v) is 16.5. The third-order valence-corrected chi connectivity index (χ3v) is 4.61. The molecule has 166 valence electrons. The molecule has 0 radical (unpaired) electrons. The highest BCUT2D eigenvalue weighted by molar-refractivity contribution is 5.87. The number of aliphatic hydroxyl groups is 3. The van der Waals surface area contributed by atoms with Crippen molar-refractivity contribution in [1.29, 1.82) is 0 Å². The van der Waals surface area contributed by atoms with E-state index < -0.39 is 48.7 Å². The number of phenols is 1. The van der Waals surface area contributed by atoms with Gasteiger partial charge < -0.3 is 39.1 Å². The standard InChI is InChI=1S/C21H22O10/c1-11-20(14(23)8-9-28-11)31-21-19(27)18(26)17(25)15(30-21)10-29-16(24)7-4-12-2-5-13(22)6-3-12/h2-9,15,17-19,21-22,25-27H,10H2,1H3/b7-4-/t15-,17-,18+,19-,21+/m1/s1. The number of aromatic hydroxyl groups is 1. The molecule has 0 aliphatic carbocycles. The lowest BCUT2D eigenvalue weighted by Gasteiger charge is -2.39. The van der Waals surface area contributed by atoms with Crippen LogP contribution < -0.4 is 10.2 Å². The zero-order valence-electron chi connectivity index (χ0n) is 16.5. The van der Waals surface area contributed by atoms with Crippen molar-refractivity contribution < 1.29 is 43.8 Å². The molecule has 2 aromatic rings. The number of rotatable bonds is 6. The van der Waals surface area contributed by atoms with E-state index >= 15 is 0 Å². The molecule has 0 spiro atoms. The molecule has 1 fully saturated rings. The van der Waals surface area contributed by atoms with Crippen LogP contribution in [0.2, 0.25) is 0 Å². The average Bonchev–Trinajstić information content (AvgIpc) is 2.75. The first-order valence-corrected chi connectivity index (χ1v) is 9.35. The Labute approximate surface area is 176 Å². The molecule has 10 nitrogen and oxygen atoms in total. The van der Waals surface area contributed by atoms with Crippen LogP contribution in [0.1, 0.15) is 11.3 Å². The fourth-order valence-electron chi connectivity index (χ4n) is 2.87. The minimum absolute atomic E-state index is 0.0872. The number of hydrogen-bond acceptors (Lipinski definition) is 10. The van der Waals surface area contributed by atoms with Gasteiger partial charge in [-0.15, -0.1) is 0 Å². The molecule has 10 heteroatoms. The molecule has 0 bridgehead atoms. The molecule has 1 aliphatic rings. The molecular weight excluding hydrogens is 412 g/mol. The largest absolute Gasteiger partial charge is 0.508 e. The normalized spacial score (nSPS) is 26.0. The minimum Gasteiger partial charge on any atom is -0.508 e. The van der Waals surface area contributed by atoms with E-state index in [9.17, 15) is 30.0 Å². The van der Waals surface area contributed by atoms with Gasteiger partial charge in [0.15, 0.2) is 0 Å². The maximum atomic E-state index is 11.9. The molecule has 3 rings (SSSR count). The average molecular weight is 434 g/mol. The van der Waals surface area contributed by atoms with Crippen LogP contribution in [0.4, 0.5) is 0 Å². The van der Waals surface area contributed by atoms with Gasteiger partial charge in [-0.05, 0) is 30.7 Å². The predicted molar refractivity (Wildman–Crippen MR) is 105 cm³/mol. The summed E-state index contributed by atoms with van der Waals surface area (Å²) in [5.41, 5.74) is 0.121. The highest BCUT2D eigenvalue weighted by Gasteiger charge is 2.45. The second kappa shape index (κ2) is 9.75. The molecule has 1 aliphatic heterocycles. The van der Waals surface area contributed by atoms with E-state index in [-0.39, 0.29) is 17.3 Å². The van der Waals surface area contributed by atoms with Crippen molar-refractivity contribution in [2.75, 3.05) is 6.61 Å². The molecule has 1 saturated heterocycles. The third-order valence-electron chi connectivity index (χ3n) is 4.61. The van der Waals surface area contributed by atoms with Crippen molar-refractivity contribution in [2.45, 2.75) is 37.6 Å². The molecule has 1 aromatic heterocycles. The number of aryl methyl sites for hydroxylation is 1. The van der Waals surface area contributed by atoms with Gasteiger partial charge in [-0.2, -0.15) is 0 Å². The summed E-state index contributed by atoms with van der Waals surface area (Å²) in [6.45, 7) is 1.02. The second-order valence-electron chi connectivity index (χ2n) is 6.86. The van der Waals surface area contributed by atoms with Crippen LogP contribution in [-0.4, -0.2) is 63.7 Å². The summed E-state index contributed by atoms with van der Waals surface area (Å²) >= 11 is 0. The summed E-state index contributed by atoms with van der Waals surface area (Å²) in [7, 11) is 0. The first-order chi connectivity index (χ1) is 14.8. The van der Waals surface area contributed by atoms with Crippen LogP contribution >= 0.6 is 0 Å². The van der Waals surface area contributed by atoms with E-state index in [1.807, 2.05) is 0 Å². The number of aliphatic hydroxyl groups excluding tert-OH is 3. The number of carbonyl (C=O) groups excluding carboxylic acids is 1. The van der Waals surface area contributed by atoms with E-state index in [4.69, 9.17) is 18.6 Å². The molecule has 5 atom stereocenters. The molecule has 1 aromatic carbocycles. The first kappa shape index (κ1) is 22.5. The van der Waals surface area contributed by atoms with Crippen LogP contribution in [0.5, 0.6) is 11.5 Å². The number of phenolic OH excluding ortho intramolecular Hbond substituents is 1. The van der Waals surface area contributed by atoms with Gasteiger partial charge in [0.25, 0.3) is 0 Å². The van der Waals surface area contributed by atoms with Gasteiger partial charge in [0.2, 0.25) is 17.5 Å². The summed E-state index contributed by atoms with van der Waals surface area (Å²) in [5.74, 6) is -0.750. The SMILES string of the molecule is Cc1occc(=O)c1O[C@@H]1O[C@H](COC(=O)/C=C\c2ccc(O)cc2)[C@@H](O)[C@H](O)[C@H]1O. The van der Waals surface area contributed by atoms with E-state index in [1.54, 1.807) is 12.1 Å². The van der Waals surface area contributed by atoms with Gasteiger partial charge in [-0.3, -0.25) is 4.79 Å². The summed E-state index contributed by atoms with van der Waals surface area (Å²) in [6, 6.07) is 7.21. The summed E-state index contributed by atoms with van der Waals surface area (Å²) in [5, 5.41) is 39.6. The molecule has 0 unspecified atom stereocenters. The molecule has 31 heavy (non-hydrogen) atoms. The Morgan fingerprint density at radius 1 is 1.10 bits per heavy atom. The lowest BCUT2D eigenvalue weighted by Crippen LogP contribution is -2.60. The van der Waals surface area contributed by atoms with Crippen molar-refractivity contribution in [2.24, 2.45) is 0 Å². The molecule has 2 heterocycles. The van der Waals surface area contributed by atoms with Crippen LogP contribution in [0.15, 0.2) is 51.9 Å². The van der Waals surface area contributed by atoms with E-state index in [0.29, 0.717) is 5.56 Å². The van der Waals surface area contributed by atoms with Gasteiger partial charge in [0, 0.05) is 12.1 Å². The topological polar surface area (TPSA) is 156 Å². The maximum absolute atomic E-state index is 11.9. The Morgan fingerprint density at radius 3 is 2.48 bits per heavy atom. The smallest absolute Gasteiger partial charge is 0.330 e. The number of ether oxygens (including phenoxy) is 3. The predicted octanol–water partition coefficient (Wildman–Crippen LogP) is 0.0968. The Hall–Kier alpha value is -3.18. The lowest BCUT2D eigenvalue weighted by molar-refractivity contribution is -0.278. The van der Waals surface area contributed by atoms with Gasteiger partial charge >= 0.3 is 5.97 Å². The maximum Gasteiger partial charge on any atom is 0.330 e. The Bertz CT molecular complexity index is 980. The van der Waals surface area contributed by atoms with Gasteiger partial charge in [0.1, 0.15) is 42.5 Å². The summed E-state index contributed by atoms with van der Waals surface area (Å²) in [6.07, 6.45) is -3.89. The van der Waals surface area contributed by atoms with Gasteiger partial charge in [-0.25, -0.2) is 4.79 Å². The van der Waals surface area contributed by atoms with Crippen LogP contribution in [0, 0.1) is 6.92 Å². The van der Waals surface area contributed by atoms with Crippen molar-refractivity contribution in [3.63, 3.8) is 0 Å². The number of hydrogen-bond donors (Lipinski definition) is 4. The van der Waals surface area contributed by atoms with Crippen molar-refractivity contribution in [3.8, 4) is 11.5 Å². The quantitative estimate of drug-likeness (QED) is 0.363. The molecular formula is C21H22O10. The van der Waals surface area contributed by atoms with Gasteiger partial charge in [0.05, 0.1) is 6.26 Å². The molecule has 4 N–H and O–H groups in total. The van der Waals surface area contributed by atoms with Crippen molar-refractivity contribution >= 4 is 12.0 Å². The number of benzene rings is 1. The second-order valence-corrected chi connectivity index (χ2v) is 6.86. The number of carbonyl (C=O) groups is 1. The Kier molecular flexibility index (Phi) is 7.08. The number of esters is 1. The molecule has 0 saturated carbocycles. The van der Waals surface area contributed by atoms with Gasteiger partial charge in [-0.1, -0.05) is 12.1 Å². The van der Waals surface area contributed by atoms with Crippen LogP contribution in [0.25, 0.3) is 6.08 Å². The van der Waals surface area contributed by atoms with Crippen molar-refractivity contribution in [3.05, 3.63) is 64.2 Å². The highest BCUT2D eigenvalue weighted by atomic mass is 16.7. The van der Waals surface area contributed by atoms with E-state index in [2.05, 4.69) is 0 Å². The fourth-order valence-corrected chi connectivity index (χ4v) is 2.87. The fraction of sp³-hybridized carbons (Fsp3) is 0.333. The van der Waals surface area contributed by atoms with Crippen molar-refractivity contribution in [1.82, 2.24) is 0 Å². The monoisotopic (exact) mass is 434 g/mol. The Morgan fingerprint density at radius 2 is 1.81 bits per heavy atom. The van der Waals surface area contributed by atoms with Crippen LogP contribution in [-0.2, 0) is 14.3 Å². The Balaban J connectivity index is 1.62. The highest BCUT2D eigenvalue weighted by Crippen LogP contribution is 2.24. The first-order valence-electron chi connectivity index (χ1n) is 9.35. The summed E-state index contributed by atoms with van der Waals surface area (Å²) in [4.78, 5) is 23.9. The summed E-state index contributed by atoms with van der Waals surface area (Å²) < 4.78 is 20.9. The minimum atomic E-state index is -1.67.